The van der Waals surface area contributed by atoms with E-state index in [-0.39, 0.29) is 19.4 Å². The molecule has 0 heterocycles. The lowest BCUT2D eigenvalue weighted by Crippen LogP contribution is -2.29. The quantitative estimate of drug-likeness (QED) is 0.0278. The predicted molar refractivity (Wildman–Crippen MR) is 220 cm³/mol. The number of allylic oxidation sites excluding steroid dienone is 12. The normalized spacial score (nSPS) is 13.2. The minimum atomic E-state index is -4.77. The van der Waals surface area contributed by atoms with Crippen molar-refractivity contribution >= 4 is 19.8 Å². The first-order valence-electron chi connectivity index (χ1n) is 20.7. The molecular weight excluding hydrogens is 687 g/mol. The van der Waals surface area contributed by atoms with Crippen LogP contribution in [0.15, 0.2) is 72.9 Å². The first-order chi connectivity index (χ1) is 25.8. The molecule has 0 rings (SSSR count). The van der Waals surface area contributed by atoms with Crippen molar-refractivity contribution in [1.29, 1.82) is 0 Å². The van der Waals surface area contributed by atoms with Gasteiger partial charge in [0.2, 0.25) is 0 Å². The number of rotatable bonds is 37. The Morgan fingerprint density at radius 1 is 0.509 bits per heavy atom. The third-order valence-electron chi connectivity index (χ3n) is 8.46. The molecule has 0 aromatic rings. The van der Waals surface area contributed by atoms with Crippen LogP contribution in [-0.4, -0.2) is 41.0 Å². The third kappa shape index (κ3) is 42.1. The molecule has 53 heavy (non-hydrogen) atoms. The monoisotopic (exact) mass is 763 g/mol. The van der Waals surface area contributed by atoms with Gasteiger partial charge in [-0.2, -0.15) is 0 Å². The second-order valence-corrected chi connectivity index (χ2v) is 14.8. The number of phosphoric ester groups is 1. The molecule has 0 fully saturated rings. The van der Waals surface area contributed by atoms with Crippen LogP contribution >= 0.6 is 7.82 Å². The van der Waals surface area contributed by atoms with Crippen molar-refractivity contribution in [1.82, 2.24) is 0 Å². The highest BCUT2D eigenvalue weighted by atomic mass is 31.2. The number of hydrogen-bond donors (Lipinski definition) is 2. The zero-order valence-electron chi connectivity index (χ0n) is 33.4. The van der Waals surface area contributed by atoms with Gasteiger partial charge >= 0.3 is 19.8 Å². The van der Waals surface area contributed by atoms with Crippen LogP contribution in [0.4, 0.5) is 0 Å². The van der Waals surface area contributed by atoms with E-state index >= 15 is 0 Å². The maximum Gasteiger partial charge on any atom is 0.469 e. The van der Waals surface area contributed by atoms with Crippen molar-refractivity contribution < 1.29 is 37.9 Å². The van der Waals surface area contributed by atoms with E-state index in [0.29, 0.717) is 12.8 Å². The minimum absolute atomic E-state index is 0.168. The lowest BCUT2D eigenvalue weighted by Gasteiger charge is -2.18. The fourth-order valence-corrected chi connectivity index (χ4v) is 5.75. The van der Waals surface area contributed by atoms with Crippen LogP contribution in [0.3, 0.4) is 0 Å². The SMILES string of the molecule is CC/C=C\C/C=C\C/C=C\C/C=C\C/C=C\CCCCCC(=O)OC(COC(=O)CCCCCCC/C=C\CCCCCCCCC)COP(=O)(O)O. The molecule has 9 heteroatoms. The van der Waals surface area contributed by atoms with Crippen molar-refractivity contribution in [2.24, 2.45) is 0 Å². The fourth-order valence-electron chi connectivity index (χ4n) is 5.39. The van der Waals surface area contributed by atoms with Crippen molar-refractivity contribution in [3.63, 3.8) is 0 Å². The molecule has 0 saturated carbocycles. The van der Waals surface area contributed by atoms with Gasteiger partial charge in [-0.3, -0.25) is 14.1 Å². The Bertz CT molecular complexity index is 1080. The Morgan fingerprint density at radius 3 is 1.40 bits per heavy atom. The summed E-state index contributed by atoms with van der Waals surface area (Å²) in [5.41, 5.74) is 0. The Hall–Kier alpha value is -2.51. The molecule has 0 bridgehead atoms. The van der Waals surface area contributed by atoms with E-state index in [1.807, 2.05) is 0 Å². The first kappa shape index (κ1) is 50.5. The first-order valence-corrected chi connectivity index (χ1v) is 22.3. The van der Waals surface area contributed by atoms with Crippen molar-refractivity contribution in [2.45, 2.75) is 180 Å². The Labute approximate surface area is 323 Å². The number of unbranched alkanes of at least 4 members (excludes halogenated alkanes) is 15. The molecule has 0 radical (unpaired) electrons. The third-order valence-corrected chi connectivity index (χ3v) is 8.94. The van der Waals surface area contributed by atoms with Gasteiger partial charge in [-0.1, -0.05) is 151 Å². The smallest absolute Gasteiger partial charge is 0.462 e. The molecule has 2 N–H and O–H groups in total. The predicted octanol–water partition coefficient (Wildman–Crippen LogP) is 12.7. The second-order valence-electron chi connectivity index (χ2n) is 13.6. The Balaban J connectivity index is 4.03. The summed E-state index contributed by atoms with van der Waals surface area (Å²) in [4.78, 5) is 42.8. The van der Waals surface area contributed by atoms with Gasteiger partial charge in [-0.25, -0.2) is 4.57 Å². The number of hydrogen-bond acceptors (Lipinski definition) is 6. The maximum atomic E-state index is 12.4. The molecule has 1 unspecified atom stereocenters. The number of ether oxygens (including phenoxy) is 2. The average Bonchev–Trinajstić information content (AvgIpc) is 3.13. The van der Waals surface area contributed by atoms with Crippen LogP contribution in [0.25, 0.3) is 0 Å². The van der Waals surface area contributed by atoms with E-state index < -0.39 is 32.5 Å². The molecule has 1 atom stereocenters. The number of esters is 2. The van der Waals surface area contributed by atoms with Crippen LogP contribution in [0, 0.1) is 0 Å². The van der Waals surface area contributed by atoms with E-state index in [1.54, 1.807) is 0 Å². The van der Waals surface area contributed by atoms with E-state index in [0.717, 1.165) is 83.5 Å². The van der Waals surface area contributed by atoms with Gasteiger partial charge in [0.1, 0.15) is 6.61 Å². The molecule has 304 valence electrons. The van der Waals surface area contributed by atoms with Crippen LogP contribution in [0.2, 0.25) is 0 Å². The Morgan fingerprint density at radius 2 is 0.906 bits per heavy atom. The van der Waals surface area contributed by atoms with Gasteiger partial charge in [0.05, 0.1) is 6.61 Å². The average molecular weight is 763 g/mol. The van der Waals surface area contributed by atoms with Gasteiger partial charge in [0.25, 0.3) is 0 Å². The van der Waals surface area contributed by atoms with Crippen LogP contribution in [0.5, 0.6) is 0 Å². The number of carbonyl (C=O) groups excluding carboxylic acids is 2. The molecule has 0 aromatic heterocycles. The molecule has 8 nitrogen and oxygen atoms in total. The van der Waals surface area contributed by atoms with E-state index in [2.05, 4.69) is 91.3 Å². The van der Waals surface area contributed by atoms with Gasteiger partial charge in [0, 0.05) is 12.8 Å². The van der Waals surface area contributed by atoms with E-state index in [1.165, 1.54) is 51.4 Å². The summed E-state index contributed by atoms with van der Waals surface area (Å²) in [5.74, 6) is -0.937. The highest BCUT2D eigenvalue weighted by Gasteiger charge is 2.22. The van der Waals surface area contributed by atoms with Crippen molar-refractivity contribution in [3.8, 4) is 0 Å². The van der Waals surface area contributed by atoms with Gasteiger partial charge in [-0.05, 0) is 83.5 Å². The topological polar surface area (TPSA) is 119 Å². The minimum Gasteiger partial charge on any atom is -0.462 e. The summed E-state index contributed by atoms with van der Waals surface area (Å²) in [6.45, 7) is 3.53. The molecule has 0 aromatic carbocycles. The van der Waals surface area contributed by atoms with E-state index in [4.69, 9.17) is 19.3 Å². The largest absolute Gasteiger partial charge is 0.469 e. The van der Waals surface area contributed by atoms with E-state index in [9.17, 15) is 14.2 Å². The van der Waals surface area contributed by atoms with Crippen molar-refractivity contribution in [2.75, 3.05) is 13.2 Å². The summed E-state index contributed by atoms with van der Waals surface area (Å²) >= 11 is 0. The van der Waals surface area contributed by atoms with Gasteiger partial charge in [0.15, 0.2) is 6.10 Å². The summed E-state index contributed by atoms with van der Waals surface area (Å²) in [7, 11) is -4.77. The second kappa shape index (κ2) is 39.2. The fraction of sp³-hybridized carbons (Fsp3) is 0.682. The highest BCUT2D eigenvalue weighted by molar-refractivity contribution is 7.46. The van der Waals surface area contributed by atoms with Crippen LogP contribution in [0.1, 0.15) is 174 Å². The molecule has 0 saturated heterocycles. The zero-order valence-corrected chi connectivity index (χ0v) is 34.3. The molecule has 0 spiro atoms. The van der Waals surface area contributed by atoms with Crippen LogP contribution in [-0.2, 0) is 28.2 Å². The highest BCUT2D eigenvalue weighted by Crippen LogP contribution is 2.36. The summed E-state index contributed by atoms with van der Waals surface area (Å²) in [5, 5.41) is 0. The number of carbonyl (C=O) groups is 2. The summed E-state index contributed by atoms with van der Waals surface area (Å²) < 4.78 is 26.3. The maximum absolute atomic E-state index is 12.4. The standard InChI is InChI=1S/C44H75O8P/c1-3-5-7-9-11-13-15-17-19-21-22-23-25-27-29-31-33-35-37-39-44(46)52-42(41-51-53(47,48)49)40-50-43(45)38-36-34-32-30-28-26-24-20-18-16-14-12-10-8-6-4-2/h5,7,11,13,17,19-20,22-24,27,29,42H,3-4,6,8-10,12,14-16,18,21,25-26,28,30-41H2,1-2H3,(H2,47,48,49)/b7-5-,13-11-,19-17-,23-22-,24-20-,29-27-. The summed E-state index contributed by atoms with van der Waals surface area (Å²) in [6, 6.07) is 0. The molecule has 0 amide bonds. The molecule has 0 aliphatic heterocycles. The lowest BCUT2D eigenvalue weighted by molar-refractivity contribution is -0.161. The lowest BCUT2D eigenvalue weighted by atomic mass is 10.1. The number of phosphoric acid groups is 1. The zero-order chi connectivity index (χ0) is 38.9. The van der Waals surface area contributed by atoms with Crippen molar-refractivity contribution in [3.05, 3.63) is 72.9 Å². The molecule has 0 aliphatic rings. The summed E-state index contributed by atoms with van der Waals surface area (Å²) in [6.07, 6.45) is 50.5. The van der Waals surface area contributed by atoms with Gasteiger partial charge < -0.3 is 19.3 Å². The van der Waals surface area contributed by atoms with Crippen LogP contribution < -0.4 is 0 Å². The Kier molecular flexibility index (Phi) is 37.3. The molecule has 0 aliphatic carbocycles. The van der Waals surface area contributed by atoms with Gasteiger partial charge in [-0.15, -0.1) is 0 Å². The molecular formula is C44H75O8P.